The Labute approximate surface area is 113 Å². The quantitative estimate of drug-likeness (QED) is 0.884. The van der Waals surface area contributed by atoms with Crippen LogP contribution >= 0.6 is 15.9 Å². The van der Waals surface area contributed by atoms with E-state index in [2.05, 4.69) is 21.2 Å². The minimum atomic E-state index is -2.56. The Morgan fingerprint density at radius 2 is 1.89 bits per heavy atom. The van der Waals surface area contributed by atoms with Gasteiger partial charge in [-0.15, -0.1) is 0 Å². The van der Waals surface area contributed by atoms with Crippen LogP contribution in [-0.4, -0.2) is 17.9 Å². The maximum atomic E-state index is 13.0. The van der Waals surface area contributed by atoms with Crippen molar-refractivity contribution in [3.05, 3.63) is 34.3 Å². The van der Waals surface area contributed by atoms with E-state index in [1.165, 1.54) is 0 Å². The topological polar surface area (TPSA) is 29.1 Å². The van der Waals surface area contributed by atoms with Crippen molar-refractivity contribution in [3.8, 4) is 0 Å². The van der Waals surface area contributed by atoms with E-state index in [4.69, 9.17) is 0 Å². The maximum absolute atomic E-state index is 13.0. The highest BCUT2D eigenvalue weighted by Gasteiger charge is 2.35. The highest BCUT2D eigenvalue weighted by molar-refractivity contribution is 9.10. The molecular formula is C13H14BrF2NO. The Kier molecular flexibility index (Phi) is 4.00. The highest BCUT2D eigenvalue weighted by Crippen LogP contribution is 2.33. The summed E-state index contributed by atoms with van der Waals surface area (Å²) >= 11 is 3.30. The first-order valence-corrected chi connectivity index (χ1v) is 6.70. The fourth-order valence-corrected chi connectivity index (χ4v) is 2.56. The molecule has 1 N–H and O–H groups in total. The third-order valence-corrected chi connectivity index (χ3v) is 3.86. The fraction of sp³-hybridized carbons (Fsp3) is 0.462. The molecule has 98 valence electrons. The van der Waals surface area contributed by atoms with Crippen molar-refractivity contribution in [2.45, 2.75) is 37.6 Å². The van der Waals surface area contributed by atoms with Crippen molar-refractivity contribution in [2.75, 3.05) is 0 Å². The average molecular weight is 318 g/mol. The smallest absolute Gasteiger partial charge is 0.252 e. The van der Waals surface area contributed by atoms with E-state index in [9.17, 15) is 13.6 Å². The molecule has 2 rings (SSSR count). The number of carbonyl (C=O) groups is 1. The summed E-state index contributed by atoms with van der Waals surface area (Å²) in [7, 11) is 0. The molecule has 0 radical (unpaired) electrons. The first-order chi connectivity index (χ1) is 8.48. The first kappa shape index (κ1) is 13.5. The number of halogens is 3. The second-order valence-electron chi connectivity index (χ2n) is 4.58. The van der Waals surface area contributed by atoms with E-state index in [1.54, 1.807) is 18.2 Å². The van der Waals surface area contributed by atoms with Crippen LogP contribution in [0.25, 0.3) is 0 Å². The Hall–Kier alpha value is -0.970. The van der Waals surface area contributed by atoms with E-state index < -0.39 is 5.92 Å². The summed E-state index contributed by atoms with van der Waals surface area (Å²) < 4.78 is 26.7. The molecule has 0 aliphatic heterocycles. The average Bonchev–Trinajstić information content (AvgIpc) is 2.32. The number of nitrogens with one attached hydrogen (secondary N) is 1. The van der Waals surface area contributed by atoms with Gasteiger partial charge in [-0.2, -0.15) is 0 Å². The maximum Gasteiger partial charge on any atom is 0.252 e. The summed E-state index contributed by atoms with van der Waals surface area (Å²) in [6.45, 7) is 0. The lowest BCUT2D eigenvalue weighted by Crippen LogP contribution is -2.40. The molecule has 0 spiro atoms. The summed E-state index contributed by atoms with van der Waals surface area (Å²) in [5, 5.41) is 2.81. The second-order valence-corrected chi connectivity index (χ2v) is 5.44. The molecule has 1 saturated carbocycles. The highest BCUT2D eigenvalue weighted by atomic mass is 79.9. The molecule has 1 aromatic carbocycles. The molecule has 1 fully saturated rings. The van der Waals surface area contributed by atoms with E-state index in [-0.39, 0.29) is 24.8 Å². The van der Waals surface area contributed by atoms with E-state index >= 15 is 0 Å². The summed E-state index contributed by atoms with van der Waals surface area (Å²) in [4.78, 5) is 12.0. The van der Waals surface area contributed by atoms with Crippen LogP contribution in [-0.2, 0) is 0 Å². The predicted octanol–water partition coefficient (Wildman–Crippen LogP) is 3.76. The molecule has 0 unspecified atom stereocenters. The molecule has 0 saturated heterocycles. The molecule has 0 aromatic heterocycles. The second kappa shape index (κ2) is 5.34. The van der Waals surface area contributed by atoms with E-state index in [0.29, 0.717) is 22.9 Å². The van der Waals surface area contributed by atoms with Crippen LogP contribution in [0.1, 0.15) is 36.0 Å². The van der Waals surface area contributed by atoms with Gasteiger partial charge < -0.3 is 5.32 Å². The van der Waals surface area contributed by atoms with Gasteiger partial charge in [0.2, 0.25) is 5.92 Å². The zero-order chi connectivity index (χ0) is 13.2. The zero-order valence-electron chi connectivity index (χ0n) is 9.76. The molecule has 2 nitrogen and oxygen atoms in total. The minimum Gasteiger partial charge on any atom is -0.349 e. The summed E-state index contributed by atoms with van der Waals surface area (Å²) in [5.41, 5.74) is 0.537. The van der Waals surface area contributed by atoms with Crippen molar-refractivity contribution in [2.24, 2.45) is 0 Å². The van der Waals surface area contributed by atoms with Crippen LogP contribution in [0.15, 0.2) is 28.7 Å². The van der Waals surface area contributed by atoms with Gasteiger partial charge in [0.05, 0.1) is 5.56 Å². The van der Waals surface area contributed by atoms with E-state index in [0.717, 1.165) is 0 Å². The van der Waals surface area contributed by atoms with Crippen molar-refractivity contribution in [3.63, 3.8) is 0 Å². The Balaban J connectivity index is 1.95. The molecule has 1 aliphatic carbocycles. The molecule has 0 atom stereocenters. The lowest BCUT2D eigenvalue weighted by Gasteiger charge is -2.28. The monoisotopic (exact) mass is 317 g/mol. The Bertz CT molecular complexity index is 440. The number of amides is 1. The van der Waals surface area contributed by atoms with Gasteiger partial charge in [-0.25, -0.2) is 8.78 Å². The summed E-state index contributed by atoms with van der Waals surface area (Å²) in [6, 6.07) is 6.93. The standard InChI is InChI=1S/C13H14BrF2NO/c14-11-4-2-1-3-10(11)12(18)17-9-5-7-13(15,16)8-6-9/h1-4,9H,5-8H2,(H,17,18). The van der Waals surface area contributed by atoms with E-state index in [1.807, 2.05) is 6.07 Å². The molecule has 1 aromatic rings. The lowest BCUT2D eigenvalue weighted by atomic mass is 9.92. The normalized spacial score (nSPS) is 19.5. The SMILES string of the molecule is O=C(NC1CCC(F)(F)CC1)c1ccccc1Br. The van der Waals surface area contributed by atoms with Gasteiger partial charge in [0.1, 0.15) is 0 Å². The van der Waals surface area contributed by atoms with Crippen LogP contribution in [0, 0.1) is 0 Å². The molecule has 1 amide bonds. The van der Waals surface area contributed by atoms with Crippen LogP contribution in [0.2, 0.25) is 0 Å². The third-order valence-electron chi connectivity index (χ3n) is 3.17. The number of alkyl halides is 2. The molecule has 0 heterocycles. The van der Waals surface area contributed by atoms with Crippen LogP contribution in [0.5, 0.6) is 0 Å². The number of rotatable bonds is 2. The molecule has 0 bridgehead atoms. The Morgan fingerprint density at radius 1 is 1.28 bits per heavy atom. The van der Waals surface area contributed by atoms with Gasteiger partial charge in [-0.1, -0.05) is 12.1 Å². The van der Waals surface area contributed by atoms with Crippen LogP contribution in [0.3, 0.4) is 0 Å². The minimum absolute atomic E-state index is 0.145. The van der Waals surface area contributed by atoms with Gasteiger partial charge >= 0.3 is 0 Å². The molecule has 18 heavy (non-hydrogen) atoms. The number of carbonyl (C=O) groups excluding carboxylic acids is 1. The Morgan fingerprint density at radius 3 is 2.50 bits per heavy atom. The summed E-state index contributed by atoms with van der Waals surface area (Å²) in [5.74, 6) is -2.77. The van der Waals surface area contributed by atoms with Crippen molar-refractivity contribution in [1.29, 1.82) is 0 Å². The number of hydrogen-bond donors (Lipinski definition) is 1. The van der Waals surface area contributed by atoms with Crippen molar-refractivity contribution < 1.29 is 13.6 Å². The first-order valence-electron chi connectivity index (χ1n) is 5.91. The zero-order valence-corrected chi connectivity index (χ0v) is 11.3. The number of benzene rings is 1. The van der Waals surface area contributed by atoms with Crippen molar-refractivity contribution >= 4 is 21.8 Å². The van der Waals surface area contributed by atoms with Gasteiger partial charge in [0.15, 0.2) is 0 Å². The van der Waals surface area contributed by atoms with Gasteiger partial charge in [-0.05, 0) is 40.9 Å². The fourth-order valence-electron chi connectivity index (χ4n) is 2.09. The van der Waals surface area contributed by atoms with Gasteiger partial charge in [0, 0.05) is 23.4 Å². The number of hydrogen-bond acceptors (Lipinski definition) is 1. The molecule has 1 aliphatic rings. The van der Waals surface area contributed by atoms with Gasteiger partial charge in [-0.3, -0.25) is 4.79 Å². The molecular weight excluding hydrogens is 304 g/mol. The van der Waals surface area contributed by atoms with Crippen molar-refractivity contribution in [1.82, 2.24) is 5.32 Å². The largest absolute Gasteiger partial charge is 0.349 e. The van der Waals surface area contributed by atoms with Gasteiger partial charge in [0.25, 0.3) is 5.91 Å². The predicted molar refractivity (Wildman–Crippen MR) is 68.8 cm³/mol. The summed E-state index contributed by atoms with van der Waals surface area (Å²) in [6.07, 6.45) is 0.383. The van der Waals surface area contributed by atoms with Crippen LogP contribution < -0.4 is 5.32 Å². The van der Waals surface area contributed by atoms with Crippen LogP contribution in [0.4, 0.5) is 8.78 Å². The molecule has 5 heteroatoms. The third kappa shape index (κ3) is 3.28. The lowest BCUT2D eigenvalue weighted by molar-refractivity contribution is -0.0399.